The van der Waals surface area contributed by atoms with Crippen LogP contribution in [0.25, 0.3) is 0 Å². The zero-order chi connectivity index (χ0) is 13.1. The highest BCUT2D eigenvalue weighted by molar-refractivity contribution is 4.88. The molecule has 0 radical (unpaired) electrons. The van der Waals surface area contributed by atoms with Gasteiger partial charge in [0.15, 0.2) is 5.82 Å². The van der Waals surface area contributed by atoms with Crippen molar-refractivity contribution >= 4 is 0 Å². The normalized spacial score (nSPS) is 25.8. The van der Waals surface area contributed by atoms with Crippen molar-refractivity contribution in [1.29, 1.82) is 0 Å². The fourth-order valence-corrected chi connectivity index (χ4v) is 2.57. The first-order valence-electron chi connectivity index (χ1n) is 6.75. The van der Waals surface area contributed by atoms with Crippen LogP contribution in [0.15, 0.2) is 0 Å². The van der Waals surface area contributed by atoms with E-state index in [1.807, 2.05) is 7.05 Å². The van der Waals surface area contributed by atoms with Gasteiger partial charge in [0.05, 0.1) is 13.6 Å². The number of nitrogens with one attached hydrogen (secondary N) is 1. The molecule has 102 valence electrons. The summed E-state index contributed by atoms with van der Waals surface area (Å²) in [4.78, 5) is 4.01. The minimum atomic E-state index is 0.532. The lowest BCUT2D eigenvalue weighted by Crippen LogP contribution is -2.55. The average Bonchev–Trinajstić information content (AvgIpc) is 2.67. The second-order valence-electron chi connectivity index (χ2n) is 5.72. The smallest absolute Gasteiger partial charge is 0.188 e. The van der Waals surface area contributed by atoms with E-state index < -0.39 is 0 Å². The summed E-state index contributed by atoms with van der Waals surface area (Å²) in [5.41, 5.74) is 0. The van der Waals surface area contributed by atoms with E-state index in [0.29, 0.717) is 18.0 Å². The molecule has 1 fully saturated rings. The van der Waals surface area contributed by atoms with Crippen molar-refractivity contribution in [2.75, 3.05) is 13.1 Å². The predicted molar refractivity (Wildman–Crippen MR) is 69.9 cm³/mol. The van der Waals surface area contributed by atoms with Crippen LogP contribution in [-0.4, -0.2) is 50.3 Å². The standard InChI is InChI=1S/C12H24N6/c1-9(2)5-11-6-13-10(3)7-18(11)8-12-14-16-17(4)15-12/h9-11,13H,5-8H2,1-4H3. The fraction of sp³-hybridized carbons (Fsp3) is 0.917. The van der Waals surface area contributed by atoms with E-state index >= 15 is 0 Å². The summed E-state index contributed by atoms with van der Waals surface area (Å²) in [5.74, 6) is 1.53. The minimum Gasteiger partial charge on any atom is -0.311 e. The summed E-state index contributed by atoms with van der Waals surface area (Å²) in [6, 6.07) is 1.11. The van der Waals surface area contributed by atoms with E-state index in [1.165, 1.54) is 11.2 Å². The Labute approximate surface area is 109 Å². The highest BCUT2D eigenvalue weighted by Crippen LogP contribution is 2.16. The Kier molecular flexibility index (Phi) is 4.29. The highest BCUT2D eigenvalue weighted by Gasteiger charge is 2.27. The molecule has 2 rings (SSSR count). The Morgan fingerprint density at radius 2 is 2.22 bits per heavy atom. The van der Waals surface area contributed by atoms with E-state index in [9.17, 15) is 0 Å². The van der Waals surface area contributed by atoms with Gasteiger partial charge in [0.1, 0.15) is 0 Å². The molecule has 1 aliphatic heterocycles. The predicted octanol–water partition coefficient (Wildman–Crippen LogP) is 0.419. The van der Waals surface area contributed by atoms with Gasteiger partial charge in [-0.1, -0.05) is 13.8 Å². The Morgan fingerprint density at radius 1 is 1.44 bits per heavy atom. The number of tetrazole rings is 1. The Bertz CT molecular complexity index is 374. The van der Waals surface area contributed by atoms with E-state index in [-0.39, 0.29) is 0 Å². The molecule has 2 atom stereocenters. The van der Waals surface area contributed by atoms with E-state index in [0.717, 1.165) is 25.5 Å². The van der Waals surface area contributed by atoms with Gasteiger partial charge >= 0.3 is 0 Å². The number of rotatable bonds is 4. The minimum absolute atomic E-state index is 0.532. The van der Waals surface area contributed by atoms with Crippen molar-refractivity contribution in [3.05, 3.63) is 5.82 Å². The number of aryl methyl sites for hydroxylation is 1. The summed E-state index contributed by atoms with van der Waals surface area (Å²) >= 11 is 0. The van der Waals surface area contributed by atoms with Crippen LogP contribution in [0.1, 0.15) is 33.0 Å². The molecule has 2 heterocycles. The van der Waals surface area contributed by atoms with Crippen LogP contribution in [0.3, 0.4) is 0 Å². The SMILES string of the molecule is CC(C)CC1CNC(C)CN1Cc1nnn(C)n1. The lowest BCUT2D eigenvalue weighted by molar-refractivity contribution is 0.108. The quantitative estimate of drug-likeness (QED) is 0.841. The van der Waals surface area contributed by atoms with Gasteiger partial charge in [-0.05, 0) is 24.5 Å². The summed E-state index contributed by atoms with van der Waals surface area (Å²) in [6.07, 6.45) is 1.21. The molecule has 0 bridgehead atoms. The van der Waals surface area contributed by atoms with Crippen LogP contribution in [0.4, 0.5) is 0 Å². The van der Waals surface area contributed by atoms with Gasteiger partial charge in [0, 0.05) is 25.2 Å². The van der Waals surface area contributed by atoms with Crippen molar-refractivity contribution in [2.24, 2.45) is 13.0 Å². The summed E-state index contributed by atoms with van der Waals surface area (Å²) in [6.45, 7) is 9.68. The Balaban J connectivity index is 2.00. The molecular weight excluding hydrogens is 228 g/mol. The van der Waals surface area contributed by atoms with Gasteiger partial charge in [0.2, 0.25) is 0 Å². The molecule has 1 saturated heterocycles. The lowest BCUT2D eigenvalue weighted by Gasteiger charge is -2.39. The third-order valence-electron chi connectivity index (χ3n) is 3.36. The van der Waals surface area contributed by atoms with Crippen LogP contribution in [0.2, 0.25) is 0 Å². The van der Waals surface area contributed by atoms with Crippen molar-refractivity contribution in [3.63, 3.8) is 0 Å². The van der Waals surface area contributed by atoms with Crippen molar-refractivity contribution in [2.45, 2.75) is 45.8 Å². The number of aromatic nitrogens is 4. The van der Waals surface area contributed by atoms with E-state index in [2.05, 4.69) is 46.4 Å². The van der Waals surface area contributed by atoms with Crippen molar-refractivity contribution in [3.8, 4) is 0 Å². The second-order valence-corrected chi connectivity index (χ2v) is 5.72. The maximum Gasteiger partial charge on any atom is 0.188 e. The Morgan fingerprint density at radius 3 is 2.83 bits per heavy atom. The van der Waals surface area contributed by atoms with E-state index in [1.54, 1.807) is 0 Å². The molecule has 2 unspecified atom stereocenters. The van der Waals surface area contributed by atoms with Gasteiger partial charge in [-0.15, -0.1) is 10.2 Å². The van der Waals surface area contributed by atoms with Gasteiger partial charge < -0.3 is 5.32 Å². The number of piperazine rings is 1. The summed E-state index contributed by atoms with van der Waals surface area (Å²) in [5, 5.41) is 15.8. The van der Waals surface area contributed by atoms with Crippen molar-refractivity contribution in [1.82, 2.24) is 30.4 Å². The molecular formula is C12H24N6. The maximum atomic E-state index is 4.28. The average molecular weight is 252 g/mol. The molecule has 18 heavy (non-hydrogen) atoms. The molecule has 1 aromatic heterocycles. The van der Waals surface area contributed by atoms with Crippen LogP contribution in [-0.2, 0) is 13.6 Å². The van der Waals surface area contributed by atoms with Crippen LogP contribution < -0.4 is 5.32 Å². The first-order chi connectivity index (χ1) is 8.54. The monoisotopic (exact) mass is 252 g/mol. The third kappa shape index (κ3) is 3.49. The zero-order valence-electron chi connectivity index (χ0n) is 11.8. The molecule has 0 aromatic carbocycles. The third-order valence-corrected chi connectivity index (χ3v) is 3.36. The highest BCUT2D eigenvalue weighted by atomic mass is 15.6. The molecule has 1 aliphatic rings. The number of hydrogen-bond donors (Lipinski definition) is 1. The first-order valence-corrected chi connectivity index (χ1v) is 6.75. The van der Waals surface area contributed by atoms with Gasteiger partial charge in [-0.3, -0.25) is 4.90 Å². The number of hydrogen-bond acceptors (Lipinski definition) is 5. The Hall–Kier alpha value is -1.01. The molecule has 0 amide bonds. The summed E-state index contributed by atoms with van der Waals surface area (Å²) < 4.78 is 0. The number of nitrogens with zero attached hydrogens (tertiary/aromatic N) is 5. The molecule has 0 spiro atoms. The molecule has 0 saturated carbocycles. The molecule has 1 N–H and O–H groups in total. The van der Waals surface area contributed by atoms with Gasteiger partial charge in [0.25, 0.3) is 0 Å². The molecule has 0 aliphatic carbocycles. The topological polar surface area (TPSA) is 58.9 Å². The lowest BCUT2D eigenvalue weighted by atomic mass is 9.99. The van der Waals surface area contributed by atoms with Crippen LogP contribution in [0, 0.1) is 5.92 Å². The van der Waals surface area contributed by atoms with Crippen molar-refractivity contribution < 1.29 is 0 Å². The van der Waals surface area contributed by atoms with E-state index in [4.69, 9.17) is 0 Å². The molecule has 6 nitrogen and oxygen atoms in total. The first kappa shape index (κ1) is 13.4. The largest absolute Gasteiger partial charge is 0.311 e. The second kappa shape index (κ2) is 5.75. The summed E-state index contributed by atoms with van der Waals surface area (Å²) in [7, 11) is 1.81. The van der Waals surface area contributed by atoms with Crippen LogP contribution in [0.5, 0.6) is 0 Å². The van der Waals surface area contributed by atoms with Gasteiger partial charge in [-0.25, -0.2) is 0 Å². The zero-order valence-corrected chi connectivity index (χ0v) is 11.8. The van der Waals surface area contributed by atoms with Crippen LogP contribution >= 0.6 is 0 Å². The molecule has 6 heteroatoms. The molecule has 1 aromatic rings. The van der Waals surface area contributed by atoms with Gasteiger partial charge in [-0.2, -0.15) is 4.80 Å². The fourth-order valence-electron chi connectivity index (χ4n) is 2.57. The maximum absolute atomic E-state index is 4.28.